The third-order valence-electron chi connectivity index (χ3n) is 2.24. The van der Waals surface area contributed by atoms with Crippen molar-refractivity contribution in [2.24, 2.45) is 0 Å². The van der Waals surface area contributed by atoms with Gasteiger partial charge >= 0.3 is 0 Å². The lowest BCUT2D eigenvalue weighted by Gasteiger charge is -2.16. The molecule has 1 unspecified atom stereocenters. The first-order valence-electron chi connectivity index (χ1n) is 5.44. The van der Waals surface area contributed by atoms with Gasteiger partial charge in [0.1, 0.15) is 0 Å². The Morgan fingerprint density at radius 2 is 2.00 bits per heavy atom. The first-order valence-corrected chi connectivity index (χ1v) is 5.44. The molecule has 0 heterocycles. The van der Waals surface area contributed by atoms with Crippen molar-refractivity contribution < 1.29 is 18.3 Å². The lowest BCUT2D eigenvalue weighted by Crippen LogP contribution is -2.23. The molecule has 0 amide bonds. The summed E-state index contributed by atoms with van der Waals surface area (Å²) < 4.78 is 35.2. The molecule has 96 valence electrons. The van der Waals surface area contributed by atoms with Crippen molar-refractivity contribution in [3.05, 3.63) is 18.2 Å². The fourth-order valence-electron chi connectivity index (χ4n) is 1.36. The van der Waals surface area contributed by atoms with E-state index in [0.29, 0.717) is 23.8 Å². The summed E-state index contributed by atoms with van der Waals surface area (Å²) in [6, 6.07) is 4.12. The minimum Gasteiger partial charge on any atom is -0.493 e. The van der Waals surface area contributed by atoms with Gasteiger partial charge in [-0.25, -0.2) is 8.78 Å². The molecule has 0 saturated carbocycles. The Morgan fingerprint density at radius 3 is 2.53 bits per heavy atom. The van der Waals surface area contributed by atoms with E-state index in [1.165, 1.54) is 14.0 Å². The van der Waals surface area contributed by atoms with Crippen molar-refractivity contribution in [2.45, 2.75) is 26.3 Å². The molecule has 0 aromatic heterocycles. The van der Waals surface area contributed by atoms with Crippen LogP contribution in [0.15, 0.2) is 18.2 Å². The minimum absolute atomic E-state index is 0.524. The molecule has 3 nitrogen and oxygen atoms in total. The summed E-state index contributed by atoms with van der Waals surface area (Å²) in [5, 5.41) is 2.70. The average molecular weight is 245 g/mol. The van der Waals surface area contributed by atoms with Gasteiger partial charge in [0.2, 0.25) is 0 Å². The molecule has 1 atom stereocenters. The second-order valence-electron chi connectivity index (χ2n) is 3.57. The molecule has 1 aromatic rings. The topological polar surface area (TPSA) is 30.5 Å². The first-order chi connectivity index (χ1) is 8.08. The van der Waals surface area contributed by atoms with Crippen molar-refractivity contribution in [1.82, 2.24) is 0 Å². The van der Waals surface area contributed by atoms with Gasteiger partial charge < -0.3 is 14.8 Å². The van der Waals surface area contributed by atoms with Gasteiger partial charge in [-0.15, -0.1) is 0 Å². The van der Waals surface area contributed by atoms with E-state index in [1.54, 1.807) is 18.2 Å². The predicted octanol–water partition coefficient (Wildman–Crippen LogP) is 3.16. The van der Waals surface area contributed by atoms with Crippen LogP contribution in [-0.4, -0.2) is 26.2 Å². The van der Waals surface area contributed by atoms with Gasteiger partial charge in [0, 0.05) is 11.8 Å². The zero-order chi connectivity index (χ0) is 12.8. The number of hydrogen-bond acceptors (Lipinski definition) is 3. The Balaban J connectivity index is 2.82. The molecule has 0 fully saturated rings. The number of halogens is 2. The van der Waals surface area contributed by atoms with Gasteiger partial charge in [-0.3, -0.25) is 0 Å². The van der Waals surface area contributed by atoms with Crippen molar-refractivity contribution in [3.63, 3.8) is 0 Å². The van der Waals surface area contributed by atoms with E-state index in [-0.39, 0.29) is 0 Å². The largest absolute Gasteiger partial charge is 0.493 e. The summed E-state index contributed by atoms with van der Waals surface area (Å²) >= 11 is 0. The number of methoxy groups -OCH3 is 1. The minimum atomic E-state index is -2.41. The van der Waals surface area contributed by atoms with Crippen LogP contribution in [0, 0.1) is 0 Å². The lowest BCUT2D eigenvalue weighted by molar-refractivity contribution is 0.130. The summed E-state index contributed by atoms with van der Waals surface area (Å²) in [6.45, 7) is 3.81. The summed E-state index contributed by atoms with van der Waals surface area (Å²) in [4.78, 5) is 0. The SMILES string of the molecule is CCOc1ccc(NC(C)C(F)F)cc1OC. The van der Waals surface area contributed by atoms with Crippen LogP contribution in [0.4, 0.5) is 14.5 Å². The molecule has 1 rings (SSSR count). The van der Waals surface area contributed by atoms with Crippen LogP contribution < -0.4 is 14.8 Å². The Hall–Kier alpha value is -1.52. The molecule has 17 heavy (non-hydrogen) atoms. The fourth-order valence-corrected chi connectivity index (χ4v) is 1.36. The smallest absolute Gasteiger partial charge is 0.258 e. The Labute approximate surface area is 99.7 Å². The van der Waals surface area contributed by atoms with Crippen molar-refractivity contribution >= 4 is 5.69 Å². The highest BCUT2D eigenvalue weighted by Gasteiger charge is 2.14. The standard InChI is InChI=1S/C12H17F2NO2/c1-4-17-10-6-5-9(7-11(10)16-3)15-8(2)12(13)14/h5-8,12,15H,4H2,1-3H3. The van der Waals surface area contributed by atoms with Gasteiger partial charge in [0.15, 0.2) is 11.5 Å². The van der Waals surface area contributed by atoms with Crippen molar-refractivity contribution in [1.29, 1.82) is 0 Å². The third-order valence-corrected chi connectivity index (χ3v) is 2.24. The quantitative estimate of drug-likeness (QED) is 0.835. The van der Waals surface area contributed by atoms with E-state index in [2.05, 4.69) is 5.32 Å². The number of ether oxygens (including phenoxy) is 2. The van der Waals surface area contributed by atoms with Crippen LogP contribution in [0.25, 0.3) is 0 Å². The molecule has 0 spiro atoms. The second kappa shape index (κ2) is 6.27. The van der Waals surface area contributed by atoms with Crippen LogP contribution in [-0.2, 0) is 0 Å². The number of alkyl halides is 2. The maximum atomic E-state index is 12.4. The van der Waals surface area contributed by atoms with E-state index >= 15 is 0 Å². The summed E-state index contributed by atoms with van der Waals surface area (Å²) in [7, 11) is 1.51. The van der Waals surface area contributed by atoms with Gasteiger partial charge in [-0.05, 0) is 26.0 Å². The number of rotatable bonds is 6. The molecule has 5 heteroatoms. The zero-order valence-electron chi connectivity index (χ0n) is 10.2. The Kier molecular flexibility index (Phi) is 5.00. The third kappa shape index (κ3) is 3.76. The van der Waals surface area contributed by atoms with Crippen LogP contribution in [0.3, 0.4) is 0 Å². The fraction of sp³-hybridized carbons (Fsp3) is 0.500. The summed E-state index contributed by atoms with van der Waals surface area (Å²) in [6.07, 6.45) is -2.41. The van der Waals surface area contributed by atoms with Crippen LogP contribution in [0.5, 0.6) is 11.5 Å². The van der Waals surface area contributed by atoms with E-state index in [1.807, 2.05) is 6.92 Å². The van der Waals surface area contributed by atoms with Gasteiger partial charge in [0.25, 0.3) is 6.43 Å². The number of nitrogens with one attached hydrogen (secondary N) is 1. The first kappa shape index (κ1) is 13.5. The monoisotopic (exact) mass is 245 g/mol. The van der Waals surface area contributed by atoms with E-state index < -0.39 is 12.5 Å². The molecule has 0 bridgehead atoms. The van der Waals surface area contributed by atoms with Gasteiger partial charge in [0.05, 0.1) is 19.8 Å². The molecular formula is C12H17F2NO2. The zero-order valence-corrected chi connectivity index (χ0v) is 10.2. The molecule has 1 N–H and O–H groups in total. The highest BCUT2D eigenvalue weighted by molar-refractivity contribution is 5.55. The number of anilines is 1. The molecule has 0 aliphatic carbocycles. The predicted molar refractivity (Wildman–Crippen MR) is 63.3 cm³/mol. The number of benzene rings is 1. The van der Waals surface area contributed by atoms with Crippen LogP contribution in [0.1, 0.15) is 13.8 Å². The molecule has 0 radical (unpaired) electrons. The summed E-state index contributed by atoms with van der Waals surface area (Å²) in [5.41, 5.74) is 0.582. The Morgan fingerprint density at radius 1 is 1.29 bits per heavy atom. The molecular weight excluding hydrogens is 228 g/mol. The average Bonchev–Trinajstić information content (AvgIpc) is 2.31. The maximum Gasteiger partial charge on any atom is 0.258 e. The highest BCUT2D eigenvalue weighted by Crippen LogP contribution is 2.30. The highest BCUT2D eigenvalue weighted by atomic mass is 19.3. The maximum absolute atomic E-state index is 12.4. The van der Waals surface area contributed by atoms with Gasteiger partial charge in [-0.2, -0.15) is 0 Å². The van der Waals surface area contributed by atoms with Crippen molar-refractivity contribution in [3.8, 4) is 11.5 Å². The van der Waals surface area contributed by atoms with E-state index in [9.17, 15) is 8.78 Å². The second-order valence-corrected chi connectivity index (χ2v) is 3.57. The molecule has 0 aliphatic rings. The van der Waals surface area contributed by atoms with E-state index in [0.717, 1.165) is 0 Å². The molecule has 0 saturated heterocycles. The van der Waals surface area contributed by atoms with E-state index in [4.69, 9.17) is 9.47 Å². The van der Waals surface area contributed by atoms with Crippen LogP contribution >= 0.6 is 0 Å². The summed E-state index contributed by atoms with van der Waals surface area (Å²) in [5.74, 6) is 1.13. The lowest BCUT2D eigenvalue weighted by atomic mass is 10.2. The number of hydrogen-bond donors (Lipinski definition) is 1. The Bertz CT molecular complexity index is 358. The normalized spacial score (nSPS) is 12.4. The van der Waals surface area contributed by atoms with Crippen LogP contribution in [0.2, 0.25) is 0 Å². The van der Waals surface area contributed by atoms with Crippen molar-refractivity contribution in [2.75, 3.05) is 19.0 Å². The molecule has 0 aliphatic heterocycles. The van der Waals surface area contributed by atoms with Gasteiger partial charge in [-0.1, -0.05) is 0 Å². The molecule has 1 aromatic carbocycles.